The number of carbonyl (C=O) groups is 2. The Kier molecular flexibility index (Phi) is 4.98. The summed E-state index contributed by atoms with van der Waals surface area (Å²) in [5, 5.41) is 0.514. The lowest BCUT2D eigenvalue weighted by molar-refractivity contribution is -0.0902. The number of allylic oxidation sites excluding steroid dienone is 1. The van der Waals surface area contributed by atoms with E-state index < -0.39 is 35.5 Å². The van der Waals surface area contributed by atoms with Gasteiger partial charge in [-0.15, -0.1) is 0 Å². The summed E-state index contributed by atoms with van der Waals surface area (Å²) in [7, 11) is 0. The van der Waals surface area contributed by atoms with Crippen molar-refractivity contribution in [2.75, 3.05) is 6.61 Å². The van der Waals surface area contributed by atoms with Crippen LogP contribution in [0.2, 0.25) is 5.02 Å². The van der Waals surface area contributed by atoms with Gasteiger partial charge in [-0.3, -0.25) is 9.59 Å². The first-order chi connectivity index (χ1) is 12.3. The quantitative estimate of drug-likeness (QED) is 0.765. The largest absolute Gasteiger partial charge is 0.420 e. The maximum atomic E-state index is 13.4. The van der Waals surface area contributed by atoms with Crippen molar-refractivity contribution in [1.29, 1.82) is 0 Å². The van der Waals surface area contributed by atoms with Crippen molar-refractivity contribution >= 4 is 23.2 Å². The van der Waals surface area contributed by atoms with Gasteiger partial charge in [0.15, 0.2) is 11.6 Å². The molecule has 3 nitrogen and oxygen atoms in total. The second-order valence-corrected chi connectivity index (χ2v) is 6.11. The first-order valence-corrected chi connectivity index (χ1v) is 7.98. The predicted molar refractivity (Wildman–Crippen MR) is 89.3 cm³/mol. The molecule has 26 heavy (non-hydrogen) atoms. The third-order valence-corrected chi connectivity index (χ3v) is 4.18. The van der Waals surface area contributed by atoms with Crippen LogP contribution in [0.1, 0.15) is 26.3 Å². The molecule has 7 heteroatoms. The Balaban J connectivity index is 1.89. The fraction of sp³-hybridized carbons (Fsp3) is 0.158. The number of ketones is 2. The number of Topliss-reactive ketones (excluding diaryl/α,β-unsaturated/α-hetero) is 2. The van der Waals surface area contributed by atoms with E-state index in [1.165, 1.54) is 24.3 Å². The zero-order chi connectivity index (χ0) is 18.9. The molecule has 2 aromatic carbocycles. The topological polar surface area (TPSA) is 43.4 Å². The normalized spacial score (nSPS) is 14.6. The number of hydrogen-bond acceptors (Lipinski definition) is 3. The number of hydrogen-bond donors (Lipinski definition) is 0. The molecule has 0 fully saturated rings. The fourth-order valence-electron chi connectivity index (χ4n) is 2.72. The first kappa shape index (κ1) is 18.4. The van der Waals surface area contributed by atoms with Crippen LogP contribution in [0.15, 0.2) is 59.7 Å². The maximum Gasteiger partial charge on any atom is 0.420 e. The monoisotopic (exact) mass is 380 g/mol. The van der Waals surface area contributed by atoms with Crippen molar-refractivity contribution in [1.82, 2.24) is 0 Å². The molecule has 1 aliphatic carbocycles. The highest BCUT2D eigenvalue weighted by atomic mass is 35.5. The average molecular weight is 381 g/mol. The molecule has 2 aromatic rings. The van der Waals surface area contributed by atoms with Gasteiger partial charge in [-0.25, -0.2) is 0 Å². The number of fused-ring (bicyclic) bond motifs is 1. The fourth-order valence-corrected chi connectivity index (χ4v) is 2.84. The number of rotatable bonds is 4. The van der Waals surface area contributed by atoms with E-state index >= 15 is 0 Å². The van der Waals surface area contributed by atoms with E-state index in [1.54, 1.807) is 24.3 Å². The lowest BCUT2D eigenvalue weighted by atomic mass is 9.84. The van der Waals surface area contributed by atoms with Gasteiger partial charge in [0, 0.05) is 21.7 Å². The van der Waals surface area contributed by atoms with Gasteiger partial charge < -0.3 is 4.74 Å². The SMILES string of the molecule is O=C1C(COCc2ccc(Cl)cc2)=C(C(F)(F)F)C(=O)c2ccccc21. The summed E-state index contributed by atoms with van der Waals surface area (Å²) in [4.78, 5) is 24.8. The number of ether oxygens (including phenoxy) is 1. The Bertz CT molecular complexity index is 899. The third kappa shape index (κ3) is 3.57. The molecule has 0 spiro atoms. The Morgan fingerprint density at radius 2 is 1.42 bits per heavy atom. The summed E-state index contributed by atoms with van der Waals surface area (Å²) >= 11 is 5.76. The van der Waals surface area contributed by atoms with Crippen molar-refractivity contribution < 1.29 is 27.5 Å². The number of alkyl halides is 3. The van der Waals surface area contributed by atoms with Gasteiger partial charge in [-0.2, -0.15) is 13.2 Å². The van der Waals surface area contributed by atoms with Gasteiger partial charge in [0.2, 0.25) is 0 Å². The second kappa shape index (κ2) is 7.05. The maximum absolute atomic E-state index is 13.4. The van der Waals surface area contributed by atoms with Crippen molar-refractivity contribution in [2.24, 2.45) is 0 Å². The molecule has 0 radical (unpaired) electrons. The summed E-state index contributed by atoms with van der Waals surface area (Å²) in [6, 6.07) is 12.0. The van der Waals surface area contributed by atoms with Crippen LogP contribution in [0.4, 0.5) is 13.2 Å². The average Bonchev–Trinajstić information content (AvgIpc) is 2.60. The third-order valence-electron chi connectivity index (χ3n) is 3.93. The zero-order valence-corrected chi connectivity index (χ0v) is 14.0. The molecular weight excluding hydrogens is 369 g/mol. The van der Waals surface area contributed by atoms with E-state index in [9.17, 15) is 22.8 Å². The molecule has 0 amide bonds. The molecule has 134 valence electrons. The van der Waals surface area contributed by atoms with Crippen LogP contribution >= 0.6 is 11.6 Å². The number of halogens is 4. The highest BCUT2D eigenvalue weighted by molar-refractivity contribution is 6.30. The van der Waals surface area contributed by atoms with Crippen LogP contribution in [0.3, 0.4) is 0 Å². The minimum atomic E-state index is -4.95. The molecule has 0 N–H and O–H groups in total. The Hall–Kier alpha value is -2.44. The standard InChI is InChI=1S/C19H12ClF3O3/c20-12-7-5-11(6-8-12)9-26-10-15-16(19(21,22)23)18(25)14-4-2-1-3-13(14)17(15)24/h1-8H,9-10H2. The summed E-state index contributed by atoms with van der Waals surface area (Å²) in [5.74, 6) is -2.05. The van der Waals surface area contributed by atoms with Crippen molar-refractivity contribution in [3.8, 4) is 0 Å². The summed E-state index contributed by atoms with van der Waals surface area (Å²) in [6.07, 6.45) is -4.95. The molecule has 0 heterocycles. The molecule has 0 saturated carbocycles. The Morgan fingerprint density at radius 3 is 2.00 bits per heavy atom. The summed E-state index contributed by atoms with van der Waals surface area (Å²) < 4.78 is 45.5. The minimum Gasteiger partial charge on any atom is -0.372 e. The van der Waals surface area contributed by atoms with Gasteiger partial charge in [-0.05, 0) is 17.7 Å². The van der Waals surface area contributed by atoms with E-state index in [0.717, 1.165) is 0 Å². The van der Waals surface area contributed by atoms with E-state index in [4.69, 9.17) is 16.3 Å². The number of benzene rings is 2. The van der Waals surface area contributed by atoms with Gasteiger partial charge in [0.25, 0.3) is 0 Å². The van der Waals surface area contributed by atoms with Crippen LogP contribution in [-0.4, -0.2) is 24.3 Å². The van der Waals surface area contributed by atoms with Crippen LogP contribution < -0.4 is 0 Å². The summed E-state index contributed by atoms with van der Waals surface area (Å²) in [5.41, 5.74) is -1.74. The van der Waals surface area contributed by atoms with E-state index in [0.29, 0.717) is 10.6 Å². The Morgan fingerprint density at radius 1 is 0.846 bits per heavy atom. The number of carbonyl (C=O) groups excluding carboxylic acids is 2. The highest BCUT2D eigenvalue weighted by Crippen LogP contribution is 2.36. The molecule has 0 aromatic heterocycles. The smallest absolute Gasteiger partial charge is 0.372 e. The van der Waals surface area contributed by atoms with E-state index in [-0.39, 0.29) is 17.7 Å². The van der Waals surface area contributed by atoms with Crippen LogP contribution in [0.5, 0.6) is 0 Å². The Labute approximate surface area is 152 Å². The van der Waals surface area contributed by atoms with Gasteiger partial charge in [0.1, 0.15) is 5.57 Å². The van der Waals surface area contributed by atoms with Crippen molar-refractivity contribution in [3.05, 3.63) is 81.4 Å². The van der Waals surface area contributed by atoms with Gasteiger partial charge in [-0.1, -0.05) is 48.0 Å². The first-order valence-electron chi connectivity index (χ1n) is 7.60. The molecule has 0 unspecified atom stereocenters. The molecule has 1 aliphatic rings. The van der Waals surface area contributed by atoms with Gasteiger partial charge in [0.05, 0.1) is 13.2 Å². The molecule has 0 bridgehead atoms. The molecular formula is C19H12ClF3O3. The molecule has 0 saturated heterocycles. The van der Waals surface area contributed by atoms with Crippen LogP contribution in [-0.2, 0) is 11.3 Å². The van der Waals surface area contributed by atoms with Crippen molar-refractivity contribution in [2.45, 2.75) is 12.8 Å². The van der Waals surface area contributed by atoms with Gasteiger partial charge >= 0.3 is 6.18 Å². The summed E-state index contributed by atoms with van der Waals surface area (Å²) in [6.45, 7) is -0.634. The van der Waals surface area contributed by atoms with Crippen LogP contribution in [0, 0.1) is 0 Å². The molecule has 0 aliphatic heterocycles. The molecule has 3 rings (SSSR count). The van der Waals surface area contributed by atoms with E-state index in [1.807, 2.05) is 0 Å². The lowest BCUT2D eigenvalue weighted by Crippen LogP contribution is -2.32. The highest BCUT2D eigenvalue weighted by Gasteiger charge is 2.46. The van der Waals surface area contributed by atoms with E-state index in [2.05, 4.69) is 0 Å². The minimum absolute atomic E-state index is 0.0189. The lowest BCUT2D eigenvalue weighted by Gasteiger charge is -2.22. The van der Waals surface area contributed by atoms with Crippen LogP contribution in [0.25, 0.3) is 0 Å². The zero-order valence-electron chi connectivity index (χ0n) is 13.3. The predicted octanol–water partition coefficient (Wildman–Crippen LogP) is 4.79. The second-order valence-electron chi connectivity index (χ2n) is 5.67. The van der Waals surface area contributed by atoms with Crippen molar-refractivity contribution in [3.63, 3.8) is 0 Å². The molecule has 0 atom stereocenters.